The maximum Gasteiger partial charge on any atom is 0.287 e. The number of amides is 1. The van der Waals surface area contributed by atoms with Gasteiger partial charge in [-0.15, -0.1) is 0 Å². The minimum absolute atomic E-state index is 0.0440. The van der Waals surface area contributed by atoms with Gasteiger partial charge >= 0.3 is 0 Å². The Morgan fingerprint density at radius 2 is 2.08 bits per heavy atom. The van der Waals surface area contributed by atoms with E-state index in [0.717, 1.165) is 5.69 Å². The fourth-order valence-corrected chi connectivity index (χ4v) is 2.20. The molecule has 6 nitrogen and oxygen atoms in total. The van der Waals surface area contributed by atoms with Gasteiger partial charge in [-0.2, -0.15) is 0 Å². The molecule has 26 heavy (non-hydrogen) atoms. The summed E-state index contributed by atoms with van der Waals surface area (Å²) in [7, 11) is 0. The number of para-hydroxylation sites is 1. The summed E-state index contributed by atoms with van der Waals surface area (Å²) in [6, 6.07) is 11.6. The molecule has 1 N–H and O–H groups in total. The van der Waals surface area contributed by atoms with Gasteiger partial charge in [0.25, 0.3) is 5.91 Å². The lowest BCUT2D eigenvalue weighted by molar-refractivity contribution is 0.0931. The largest absolute Gasteiger partial charge is 0.479 e. The molecule has 0 saturated heterocycles. The first-order valence-electron chi connectivity index (χ1n) is 7.96. The average molecular weight is 348 g/mol. The van der Waals surface area contributed by atoms with Crippen LogP contribution in [0.3, 0.4) is 0 Å². The van der Waals surface area contributed by atoms with Gasteiger partial charge < -0.3 is 14.5 Å². The molecule has 1 aromatic carbocycles. The molecule has 2 heterocycles. The maximum absolute atomic E-state index is 12.1. The van der Waals surface area contributed by atoms with Gasteiger partial charge in [-0.05, 0) is 31.2 Å². The molecule has 1 amide bonds. The molecule has 3 aromatic rings. The van der Waals surface area contributed by atoms with Crippen molar-refractivity contribution in [2.45, 2.75) is 6.92 Å². The number of fused-ring (bicyclic) bond motifs is 1. The number of carbonyl (C=O) groups is 1. The highest BCUT2D eigenvalue weighted by Crippen LogP contribution is 2.11. The summed E-state index contributed by atoms with van der Waals surface area (Å²) in [6.45, 7) is 2.19. The van der Waals surface area contributed by atoms with Gasteiger partial charge in [0.15, 0.2) is 11.2 Å². The second-order valence-electron chi connectivity index (χ2n) is 5.43. The Balaban J connectivity index is 1.53. The summed E-state index contributed by atoms with van der Waals surface area (Å²) in [4.78, 5) is 28.2. The van der Waals surface area contributed by atoms with Crippen molar-refractivity contribution in [3.8, 4) is 17.6 Å². The van der Waals surface area contributed by atoms with Crippen molar-refractivity contribution in [1.82, 2.24) is 10.3 Å². The topological polar surface area (TPSA) is 81.4 Å². The lowest BCUT2D eigenvalue weighted by Gasteiger charge is -2.02. The number of ether oxygens (including phenoxy) is 1. The molecule has 6 heteroatoms. The third-order valence-corrected chi connectivity index (χ3v) is 3.52. The van der Waals surface area contributed by atoms with Gasteiger partial charge in [0, 0.05) is 11.8 Å². The van der Waals surface area contributed by atoms with Gasteiger partial charge in [0.2, 0.25) is 0 Å². The van der Waals surface area contributed by atoms with Crippen LogP contribution in [0.25, 0.3) is 11.0 Å². The highest BCUT2D eigenvalue weighted by atomic mass is 16.5. The Hall–Kier alpha value is -3.59. The minimum atomic E-state index is -0.495. The Morgan fingerprint density at radius 1 is 1.23 bits per heavy atom. The number of nitrogens with one attached hydrogen (secondary N) is 1. The molecule has 3 rings (SSSR count). The van der Waals surface area contributed by atoms with Crippen LogP contribution in [0.4, 0.5) is 0 Å². The predicted molar refractivity (Wildman–Crippen MR) is 97.1 cm³/mol. The van der Waals surface area contributed by atoms with Crippen molar-refractivity contribution < 1.29 is 13.9 Å². The maximum atomic E-state index is 12.1. The molecule has 0 unspecified atom stereocenters. The quantitative estimate of drug-likeness (QED) is 0.732. The second-order valence-corrected chi connectivity index (χ2v) is 5.43. The van der Waals surface area contributed by atoms with E-state index in [9.17, 15) is 9.59 Å². The Bertz CT molecular complexity index is 1040. The van der Waals surface area contributed by atoms with Crippen LogP contribution in [-0.4, -0.2) is 24.0 Å². The summed E-state index contributed by atoms with van der Waals surface area (Å²) in [5.74, 6) is 5.65. The van der Waals surface area contributed by atoms with Crippen molar-refractivity contribution in [3.05, 3.63) is 70.3 Å². The van der Waals surface area contributed by atoms with E-state index in [2.05, 4.69) is 22.1 Å². The number of hydrogen-bond acceptors (Lipinski definition) is 5. The van der Waals surface area contributed by atoms with Crippen LogP contribution >= 0.6 is 0 Å². The first-order chi connectivity index (χ1) is 12.6. The fraction of sp³-hybridized carbons (Fsp3) is 0.150. The van der Waals surface area contributed by atoms with Crippen molar-refractivity contribution in [1.29, 1.82) is 0 Å². The highest BCUT2D eigenvalue weighted by molar-refractivity contribution is 5.93. The molecule has 0 aliphatic rings. The van der Waals surface area contributed by atoms with Crippen molar-refractivity contribution in [2.24, 2.45) is 0 Å². The third kappa shape index (κ3) is 4.28. The van der Waals surface area contributed by atoms with Gasteiger partial charge in [0.1, 0.15) is 17.9 Å². The summed E-state index contributed by atoms with van der Waals surface area (Å²) < 4.78 is 10.9. The zero-order valence-electron chi connectivity index (χ0n) is 14.1. The molecule has 0 atom stereocenters. The monoisotopic (exact) mass is 348 g/mol. The van der Waals surface area contributed by atoms with E-state index < -0.39 is 5.91 Å². The summed E-state index contributed by atoms with van der Waals surface area (Å²) in [6.07, 6.45) is 1.63. The standard InChI is InChI=1S/C20H16N2O4/c1-14-8-9-15(13-22-14)25-11-5-4-10-21-20(24)19-12-17(23)16-6-2-3-7-18(16)26-19/h2-3,6-9,12-13H,10-11H2,1H3,(H,21,24). The fourth-order valence-electron chi connectivity index (χ4n) is 2.20. The van der Waals surface area contributed by atoms with Crippen LogP contribution in [0.15, 0.2) is 57.9 Å². The first-order valence-corrected chi connectivity index (χ1v) is 7.96. The molecule has 0 spiro atoms. The predicted octanol–water partition coefficient (Wildman–Crippen LogP) is 2.31. The third-order valence-electron chi connectivity index (χ3n) is 3.52. The zero-order valence-corrected chi connectivity index (χ0v) is 14.1. The van der Waals surface area contributed by atoms with E-state index in [-0.39, 0.29) is 24.3 Å². The average Bonchev–Trinajstić information content (AvgIpc) is 2.65. The number of aromatic nitrogens is 1. The molecule has 0 aliphatic heterocycles. The normalized spacial score (nSPS) is 10.0. The van der Waals surface area contributed by atoms with Crippen LogP contribution < -0.4 is 15.5 Å². The molecule has 0 aliphatic carbocycles. The van der Waals surface area contributed by atoms with Crippen molar-refractivity contribution in [3.63, 3.8) is 0 Å². The van der Waals surface area contributed by atoms with E-state index in [0.29, 0.717) is 16.7 Å². The van der Waals surface area contributed by atoms with E-state index in [4.69, 9.17) is 9.15 Å². The number of hydrogen-bond donors (Lipinski definition) is 1. The van der Waals surface area contributed by atoms with Gasteiger partial charge in [-0.1, -0.05) is 24.0 Å². The number of aryl methyl sites for hydroxylation is 1. The van der Waals surface area contributed by atoms with E-state index in [1.165, 1.54) is 6.07 Å². The number of rotatable bonds is 4. The molecule has 0 saturated carbocycles. The molecule has 130 valence electrons. The van der Waals surface area contributed by atoms with Crippen molar-refractivity contribution >= 4 is 16.9 Å². The number of carbonyl (C=O) groups excluding carboxylic acids is 1. The van der Waals surface area contributed by atoms with Gasteiger partial charge in [-0.3, -0.25) is 14.6 Å². The number of nitrogens with zero attached hydrogens (tertiary/aromatic N) is 1. The SMILES string of the molecule is Cc1ccc(OCC#CCNC(=O)c2cc(=O)c3ccccc3o2)cn1. The van der Waals surface area contributed by atoms with Gasteiger partial charge in [0.05, 0.1) is 18.1 Å². The van der Waals surface area contributed by atoms with E-state index in [1.807, 2.05) is 19.1 Å². The number of pyridine rings is 1. The zero-order chi connectivity index (χ0) is 18.4. The lowest BCUT2D eigenvalue weighted by atomic mass is 10.2. The number of benzene rings is 1. The smallest absolute Gasteiger partial charge is 0.287 e. The van der Waals surface area contributed by atoms with E-state index >= 15 is 0 Å². The summed E-state index contributed by atoms with van der Waals surface area (Å²) >= 11 is 0. The van der Waals surface area contributed by atoms with Crippen LogP contribution in [0, 0.1) is 18.8 Å². The summed E-state index contributed by atoms with van der Waals surface area (Å²) in [5.41, 5.74) is 1.02. The lowest BCUT2D eigenvalue weighted by Crippen LogP contribution is -2.24. The molecule has 0 bridgehead atoms. The van der Waals surface area contributed by atoms with Crippen molar-refractivity contribution in [2.75, 3.05) is 13.2 Å². The Labute approximate surface area is 149 Å². The van der Waals surface area contributed by atoms with Crippen LogP contribution in [-0.2, 0) is 0 Å². The van der Waals surface area contributed by atoms with Crippen LogP contribution in [0.2, 0.25) is 0 Å². The molecular formula is C20H16N2O4. The highest BCUT2D eigenvalue weighted by Gasteiger charge is 2.10. The van der Waals surface area contributed by atoms with Crippen LogP contribution in [0.1, 0.15) is 16.2 Å². The second kappa shape index (κ2) is 7.99. The van der Waals surface area contributed by atoms with Gasteiger partial charge in [-0.25, -0.2) is 0 Å². The summed E-state index contributed by atoms with van der Waals surface area (Å²) in [5, 5.41) is 3.02. The minimum Gasteiger partial charge on any atom is -0.479 e. The molecule has 0 fully saturated rings. The first kappa shape index (κ1) is 17.2. The molecule has 2 aromatic heterocycles. The molecule has 0 radical (unpaired) electrons. The molecular weight excluding hydrogens is 332 g/mol. The van der Waals surface area contributed by atoms with Crippen LogP contribution in [0.5, 0.6) is 5.75 Å². The Kier molecular flexibility index (Phi) is 5.30. The van der Waals surface area contributed by atoms with E-state index in [1.54, 1.807) is 30.5 Å². The Morgan fingerprint density at radius 3 is 2.88 bits per heavy atom.